The van der Waals surface area contributed by atoms with Crippen molar-refractivity contribution in [3.63, 3.8) is 0 Å². The fraction of sp³-hybridized carbons (Fsp3) is 0.426. The standard InChI is InChI=1S/C47H57N7O6/c1-4-53-38-8-6-5-7-36(38)37-29-33(13-18-39(37)53)46-48-41(31-9-14-34(15-10-31)51-23-19-49(2)20-24-51)42(32-11-16-35(17-12-32)52-25-21-50(3)22-26-52)54(46)27-28-59-47-45(58)44(57)43(56)40(30-55)60-47/h5-18,29,40,43-45,47,55-58H,4,19-28,30H2,1-3H3/t40-,43+,44+,45-,47-/m1/s1. The van der Waals surface area contributed by atoms with Crippen molar-refractivity contribution in [1.82, 2.24) is 23.9 Å². The molecule has 4 N–H and O–H groups in total. The molecule has 0 spiro atoms. The number of aliphatic hydroxyl groups is 4. The number of para-hydroxylation sites is 1. The van der Waals surface area contributed by atoms with Gasteiger partial charge in [0.1, 0.15) is 30.2 Å². The van der Waals surface area contributed by atoms with Crippen LogP contribution < -0.4 is 9.80 Å². The van der Waals surface area contributed by atoms with Crippen molar-refractivity contribution < 1.29 is 29.9 Å². The van der Waals surface area contributed by atoms with Crippen molar-refractivity contribution >= 4 is 33.2 Å². The zero-order chi connectivity index (χ0) is 41.5. The van der Waals surface area contributed by atoms with Crippen molar-refractivity contribution in [2.24, 2.45) is 0 Å². The van der Waals surface area contributed by atoms with E-state index in [9.17, 15) is 20.4 Å². The van der Waals surface area contributed by atoms with Crippen LogP contribution in [0.4, 0.5) is 11.4 Å². The summed E-state index contributed by atoms with van der Waals surface area (Å²) in [6, 6.07) is 32.6. The molecule has 9 rings (SSSR count). The Balaban J connectivity index is 1.16. The largest absolute Gasteiger partial charge is 0.394 e. The Hall–Kier alpha value is -4.83. The molecule has 3 aliphatic heterocycles. The molecule has 0 saturated carbocycles. The van der Waals surface area contributed by atoms with Gasteiger partial charge >= 0.3 is 0 Å². The summed E-state index contributed by atoms with van der Waals surface area (Å²) >= 11 is 0. The molecule has 13 nitrogen and oxygen atoms in total. The van der Waals surface area contributed by atoms with E-state index >= 15 is 0 Å². The molecule has 6 aromatic rings. The van der Waals surface area contributed by atoms with E-state index in [1.54, 1.807) is 0 Å². The number of piperazine rings is 2. The smallest absolute Gasteiger partial charge is 0.186 e. The van der Waals surface area contributed by atoms with E-state index < -0.39 is 37.3 Å². The second kappa shape index (κ2) is 17.3. The van der Waals surface area contributed by atoms with Gasteiger partial charge < -0.3 is 58.6 Å². The fourth-order valence-electron chi connectivity index (χ4n) is 9.17. The van der Waals surface area contributed by atoms with E-state index in [1.165, 1.54) is 22.3 Å². The number of likely N-dealkylation sites (N-methyl/N-ethyl adjacent to an activating group) is 2. The summed E-state index contributed by atoms with van der Waals surface area (Å²) in [4.78, 5) is 15.1. The van der Waals surface area contributed by atoms with Crippen molar-refractivity contribution in [1.29, 1.82) is 0 Å². The van der Waals surface area contributed by atoms with Crippen LogP contribution in [-0.4, -0.2) is 155 Å². The quantitative estimate of drug-likeness (QED) is 0.149. The SMILES string of the molecule is CCn1c2ccccc2c2cc(-c3nc(-c4ccc(N5CCN(C)CC5)cc4)c(-c4ccc(N5CCN(C)CC5)cc4)n3CCO[C@@H]3O[C@H](CO)[C@H](O)[C@H](O)[C@H]3O)ccc21. The number of fused-ring (bicyclic) bond motifs is 3. The second-order valence-electron chi connectivity index (χ2n) is 16.5. The molecule has 60 heavy (non-hydrogen) atoms. The zero-order valence-corrected chi connectivity index (χ0v) is 34.8. The molecule has 5 atom stereocenters. The van der Waals surface area contributed by atoms with E-state index in [0.29, 0.717) is 6.54 Å². The van der Waals surface area contributed by atoms with Gasteiger partial charge in [0.25, 0.3) is 0 Å². The maximum Gasteiger partial charge on any atom is 0.186 e. The van der Waals surface area contributed by atoms with Gasteiger partial charge in [0.15, 0.2) is 6.29 Å². The van der Waals surface area contributed by atoms with Crippen LogP contribution in [0.3, 0.4) is 0 Å². The summed E-state index contributed by atoms with van der Waals surface area (Å²) in [6.45, 7) is 10.9. The first-order valence-corrected chi connectivity index (χ1v) is 21.3. The Kier molecular flexibility index (Phi) is 11.7. The topological polar surface area (TPSA) is 135 Å². The zero-order valence-electron chi connectivity index (χ0n) is 34.8. The molecule has 3 fully saturated rings. The number of rotatable bonds is 11. The molecule has 4 aromatic carbocycles. The highest BCUT2D eigenvalue weighted by molar-refractivity contribution is 6.09. The molecular weight excluding hydrogens is 759 g/mol. The number of hydrogen-bond acceptors (Lipinski definition) is 11. The molecule has 13 heteroatoms. The summed E-state index contributed by atoms with van der Waals surface area (Å²) in [5, 5.41) is 44.0. The monoisotopic (exact) mass is 815 g/mol. The second-order valence-corrected chi connectivity index (χ2v) is 16.5. The summed E-state index contributed by atoms with van der Waals surface area (Å²) in [5.41, 5.74) is 9.42. The number of ether oxygens (including phenoxy) is 2. The van der Waals surface area contributed by atoms with E-state index in [1.807, 2.05) is 0 Å². The van der Waals surface area contributed by atoms with Crippen molar-refractivity contribution in [3.05, 3.63) is 91.0 Å². The molecule has 316 valence electrons. The van der Waals surface area contributed by atoms with Gasteiger partial charge in [0.2, 0.25) is 0 Å². The molecule has 0 bridgehead atoms. The first kappa shape index (κ1) is 40.6. The van der Waals surface area contributed by atoms with Crippen LogP contribution in [0.1, 0.15) is 6.92 Å². The Morgan fingerprint density at radius 3 is 1.85 bits per heavy atom. The number of imidazole rings is 1. The average molecular weight is 816 g/mol. The van der Waals surface area contributed by atoms with Gasteiger partial charge in [-0.2, -0.15) is 0 Å². The van der Waals surface area contributed by atoms with E-state index in [0.717, 1.165) is 104 Å². The first-order chi connectivity index (χ1) is 29.2. The number of aryl methyl sites for hydroxylation is 1. The van der Waals surface area contributed by atoms with Crippen molar-refractivity contribution in [2.45, 2.75) is 50.7 Å². The van der Waals surface area contributed by atoms with Crippen LogP contribution in [0.2, 0.25) is 0 Å². The predicted molar refractivity (Wildman–Crippen MR) is 236 cm³/mol. The van der Waals surface area contributed by atoms with Crippen LogP contribution in [0.25, 0.3) is 55.7 Å². The lowest BCUT2D eigenvalue weighted by Gasteiger charge is -2.39. The number of nitrogens with zero attached hydrogens (tertiary/aromatic N) is 7. The number of anilines is 2. The maximum atomic E-state index is 10.8. The van der Waals surface area contributed by atoms with Crippen LogP contribution in [0.5, 0.6) is 0 Å². The van der Waals surface area contributed by atoms with Crippen LogP contribution in [0, 0.1) is 0 Å². The molecular formula is C47H57N7O6. The van der Waals surface area contributed by atoms with Crippen LogP contribution in [0.15, 0.2) is 91.0 Å². The van der Waals surface area contributed by atoms with E-state index in [2.05, 4.69) is 141 Å². The lowest BCUT2D eigenvalue weighted by molar-refractivity contribution is -0.301. The molecule has 0 amide bonds. The normalized spacial score (nSPS) is 23.3. The Bertz CT molecular complexity index is 2400. The van der Waals surface area contributed by atoms with E-state index in [-0.39, 0.29) is 6.61 Å². The van der Waals surface area contributed by atoms with Gasteiger partial charge in [0.05, 0.1) is 24.6 Å². The minimum absolute atomic E-state index is 0.0810. The Morgan fingerprint density at radius 2 is 1.23 bits per heavy atom. The van der Waals surface area contributed by atoms with Gasteiger partial charge in [0, 0.05) is 115 Å². The predicted octanol–water partition coefficient (Wildman–Crippen LogP) is 4.33. The third-order valence-corrected chi connectivity index (χ3v) is 12.8. The number of aliphatic hydroxyl groups excluding tert-OH is 4. The molecule has 2 aromatic heterocycles. The van der Waals surface area contributed by atoms with Gasteiger partial charge in [-0.15, -0.1) is 0 Å². The average Bonchev–Trinajstić information content (AvgIpc) is 3.82. The minimum atomic E-state index is -1.53. The first-order valence-electron chi connectivity index (χ1n) is 21.3. The van der Waals surface area contributed by atoms with Gasteiger partial charge in [-0.3, -0.25) is 0 Å². The highest BCUT2D eigenvalue weighted by atomic mass is 16.7. The molecule has 5 heterocycles. The lowest BCUT2D eigenvalue weighted by atomic mass is 9.99. The lowest BCUT2D eigenvalue weighted by Crippen LogP contribution is -2.59. The van der Waals surface area contributed by atoms with Gasteiger partial charge in [-0.1, -0.05) is 42.5 Å². The highest BCUT2D eigenvalue weighted by Crippen LogP contribution is 2.40. The summed E-state index contributed by atoms with van der Waals surface area (Å²) < 4.78 is 16.4. The van der Waals surface area contributed by atoms with Crippen LogP contribution >= 0.6 is 0 Å². The molecule has 0 radical (unpaired) electrons. The fourth-order valence-corrected chi connectivity index (χ4v) is 9.17. The Morgan fingerprint density at radius 1 is 0.650 bits per heavy atom. The summed E-state index contributed by atoms with van der Waals surface area (Å²) in [5.74, 6) is 0.763. The number of benzene rings is 4. The minimum Gasteiger partial charge on any atom is -0.394 e. The van der Waals surface area contributed by atoms with Gasteiger partial charge in [-0.05, 0) is 69.6 Å². The number of hydrogen-bond donors (Lipinski definition) is 4. The molecule has 3 saturated heterocycles. The number of aromatic nitrogens is 3. The van der Waals surface area contributed by atoms with Gasteiger partial charge in [-0.25, -0.2) is 4.98 Å². The third kappa shape index (κ3) is 7.69. The van der Waals surface area contributed by atoms with E-state index in [4.69, 9.17) is 14.5 Å². The molecule has 3 aliphatic rings. The molecule has 0 unspecified atom stereocenters. The van der Waals surface area contributed by atoms with Crippen LogP contribution in [-0.2, 0) is 22.6 Å². The highest BCUT2D eigenvalue weighted by Gasteiger charge is 2.44. The molecule has 0 aliphatic carbocycles. The van der Waals surface area contributed by atoms with Crippen molar-refractivity contribution in [2.75, 3.05) is 89.5 Å². The van der Waals surface area contributed by atoms with Crippen molar-refractivity contribution in [3.8, 4) is 33.9 Å². The third-order valence-electron chi connectivity index (χ3n) is 12.8. The summed E-state index contributed by atoms with van der Waals surface area (Å²) in [7, 11) is 4.33. The summed E-state index contributed by atoms with van der Waals surface area (Å²) in [6.07, 6.45) is -6.82. The Labute approximate surface area is 351 Å². The maximum absolute atomic E-state index is 10.8.